The van der Waals surface area contributed by atoms with Gasteiger partial charge in [-0.25, -0.2) is 0 Å². The van der Waals surface area contributed by atoms with E-state index in [2.05, 4.69) is 0 Å². The van der Waals surface area contributed by atoms with Gasteiger partial charge in [-0.2, -0.15) is 0 Å². The average molecular weight is 184 g/mol. The first-order valence-electron chi connectivity index (χ1n) is 5.15. The molecular formula is C11H20O2. The molecule has 1 saturated carbocycles. The van der Waals surface area contributed by atoms with Gasteiger partial charge in [-0.3, -0.25) is 0 Å². The molecule has 0 unspecified atom stereocenters. The molecule has 2 nitrogen and oxygen atoms in total. The van der Waals surface area contributed by atoms with E-state index in [0.29, 0.717) is 6.42 Å². The second kappa shape index (κ2) is 4.77. The van der Waals surface area contributed by atoms with Crippen molar-refractivity contribution in [2.45, 2.75) is 51.0 Å². The summed E-state index contributed by atoms with van der Waals surface area (Å²) in [6, 6.07) is 0. The number of aliphatic hydroxyl groups is 2. The summed E-state index contributed by atoms with van der Waals surface area (Å²) in [5, 5.41) is 18.9. The van der Waals surface area contributed by atoms with Crippen molar-refractivity contribution in [2.24, 2.45) is 0 Å². The van der Waals surface area contributed by atoms with E-state index in [0.717, 1.165) is 31.3 Å². The summed E-state index contributed by atoms with van der Waals surface area (Å²) in [5.74, 6) is 0. The molecule has 0 aliphatic heterocycles. The molecule has 13 heavy (non-hydrogen) atoms. The summed E-state index contributed by atoms with van der Waals surface area (Å²) < 4.78 is 0. The summed E-state index contributed by atoms with van der Waals surface area (Å²) >= 11 is 0. The molecule has 1 rings (SSSR count). The van der Waals surface area contributed by atoms with Gasteiger partial charge in [-0.1, -0.05) is 30.9 Å². The van der Waals surface area contributed by atoms with Crippen molar-refractivity contribution in [2.75, 3.05) is 6.61 Å². The lowest BCUT2D eigenvalue weighted by molar-refractivity contribution is 0.00671. The van der Waals surface area contributed by atoms with Crippen LogP contribution in [0, 0.1) is 0 Å². The van der Waals surface area contributed by atoms with Gasteiger partial charge >= 0.3 is 0 Å². The molecule has 76 valence electrons. The maximum atomic E-state index is 10.1. The van der Waals surface area contributed by atoms with Crippen LogP contribution >= 0.6 is 0 Å². The smallest absolute Gasteiger partial charge is 0.0682 e. The molecule has 0 aromatic heterocycles. The van der Waals surface area contributed by atoms with E-state index in [1.165, 1.54) is 6.42 Å². The molecule has 2 heteroatoms. The van der Waals surface area contributed by atoms with Crippen molar-refractivity contribution in [3.05, 3.63) is 11.6 Å². The molecule has 1 aliphatic rings. The van der Waals surface area contributed by atoms with Crippen LogP contribution in [0.5, 0.6) is 0 Å². The van der Waals surface area contributed by atoms with E-state index in [4.69, 9.17) is 5.11 Å². The van der Waals surface area contributed by atoms with Crippen molar-refractivity contribution in [1.82, 2.24) is 0 Å². The molecule has 0 atom stereocenters. The molecule has 1 fully saturated rings. The quantitative estimate of drug-likeness (QED) is 0.659. The number of aliphatic hydroxyl groups excluding tert-OH is 1. The third-order valence-corrected chi connectivity index (χ3v) is 2.86. The molecule has 0 amide bonds. The highest BCUT2D eigenvalue weighted by molar-refractivity contribution is 5.02. The molecule has 0 bridgehead atoms. The Hall–Kier alpha value is -0.340. The third-order valence-electron chi connectivity index (χ3n) is 2.86. The summed E-state index contributed by atoms with van der Waals surface area (Å²) in [5.41, 5.74) is 0.480. The van der Waals surface area contributed by atoms with Crippen LogP contribution in [0.4, 0.5) is 0 Å². The van der Waals surface area contributed by atoms with E-state index >= 15 is 0 Å². The monoisotopic (exact) mass is 184 g/mol. The van der Waals surface area contributed by atoms with E-state index < -0.39 is 5.60 Å². The molecule has 0 spiro atoms. The SMILES string of the molecule is C/C(=C\CC1(O)CCCCC1)CO. The van der Waals surface area contributed by atoms with Crippen LogP contribution in [0.1, 0.15) is 45.4 Å². The Morgan fingerprint density at radius 3 is 2.46 bits per heavy atom. The van der Waals surface area contributed by atoms with Crippen LogP contribution < -0.4 is 0 Å². The average Bonchev–Trinajstić information content (AvgIpc) is 2.15. The second-order valence-corrected chi connectivity index (χ2v) is 4.20. The fourth-order valence-corrected chi connectivity index (χ4v) is 1.84. The highest BCUT2D eigenvalue weighted by Crippen LogP contribution is 2.31. The Balaban J connectivity index is 2.41. The van der Waals surface area contributed by atoms with Crippen molar-refractivity contribution < 1.29 is 10.2 Å². The standard InChI is InChI=1S/C11H20O2/c1-10(9-12)5-8-11(13)6-3-2-4-7-11/h5,12-13H,2-4,6-9H2,1H3/b10-5+. The van der Waals surface area contributed by atoms with E-state index in [1.807, 2.05) is 13.0 Å². The molecule has 0 aromatic carbocycles. The van der Waals surface area contributed by atoms with Gasteiger partial charge in [0.05, 0.1) is 12.2 Å². The Morgan fingerprint density at radius 2 is 1.92 bits per heavy atom. The fraction of sp³-hybridized carbons (Fsp3) is 0.818. The van der Waals surface area contributed by atoms with Crippen LogP contribution in [-0.2, 0) is 0 Å². The first kappa shape index (κ1) is 10.7. The predicted molar refractivity (Wildman–Crippen MR) is 53.5 cm³/mol. The number of hydrogen-bond acceptors (Lipinski definition) is 2. The van der Waals surface area contributed by atoms with Crippen LogP contribution in [0.2, 0.25) is 0 Å². The van der Waals surface area contributed by atoms with Crippen molar-refractivity contribution >= 4 is 0 Å². The number of hydrogen-bond donors (Lipinski definition) is 2. The van der Waals surface area contributed by atoms with Gasteiger partial charge in [0.1, 0.15) is 0 Å². The normalized spacial score (nSPS) is 23.2. The summed E-state index contributed by atoms with van der Waals surface area (Å²) in [4.78, 5) is 0. The van der Waals surface area contributed by atoms with Gasteiger partial charge in [-0.15, -0.1) is 0 Å². The zero-order valence-corrected chi connectivity index (χ0v) is 8.42. The summed E-state index contributed by atoms with van der Waals surface area (Å²) in [6.07, 6.45) is 8.05. The lowest BCUT2D eigenvalue weighted by Gasteiger charge is -2.31. The van der Waals surface area contributed by atoms with Gasteiger partial charge in [0.15, 0.2) is 0 Å². The van der Waals surface area contributed by atoms with Crippen molar-refractivity contribution in [3.63, 3.8) is 0 Å². The molecule has 0 radical (unpaired) electrons. The zero-order chi connectivity index (χ0) is 9.73. The molecule has 0 saturated heterocycles. The van der Waals surface area contributed by atoms with E-state index in [-0.39, 0.29) is 6.61 Å². The predicted octanol–water partition coefficient (Wildman–Crippen LogP) is 2.01. The minimum absolute atomic E-state index is 0.107. The van der Waals surface area contributed by atoms with E-state index in [1.54, 1.807) is 0 Å². The largest absolute Gasteiger partial charge is 0.392 e. The first-order chi connectivity index (χ1) is 6.16. The summed E-state index contributed by atoms with van der Waals surface area (Å²) in [7, 11) is 0. The highest BCUT2D eigenvalue weighted by atomic mass is 16.3. The maximum Gasteiger partial charge on any atom is 0.0682 e. The maximum absolute atomic E-state index is 10.1. The topological polar surface area (TPSA) is 40.5 Å². The van der Waals surface area contributed by atoms with Gasteiger partial charge in [0, 0.05) is 0 Å². The Morgan fingerprint density at radius 1 is 1.31 bits per heavy atom. The molecular weight excluding hydrogens is 164 g/mol. The molecule has 2 N–H and O–H groups in total. The van der Waals surface area contributed by atoms with E-state index in [9.17, 15) is 5.11 Å². The highest BCUT2D eigenvalue weighted by Gasteiger charge is 2.27. The molecule has 1 aliphatic carbocycles. The molecule has 0 aromatic rings. The van der Waals surface area contributed by atoms with Gasteiger partial charge in [0.2, 0.25) is 0 Å². The Bertz CT molecular complexity index is 179. The third kappa shape index (κ3) is 3.49. The fourth-order valence-electron chi connectivity index (χ4n) is 1.84. The molecule has 0 heterocycles. The van der Waals surface area contributed by atoms with Gasteiger partial charge in [-0.05, 0) is 26.2 Å². The van der Waals surface area contributed by atoms with Crippen LogP contribution in [0.25, 0.3) is 0 Å². The summed E-state index contributed by atoms with van der Waals surface area (Å²) in [6.45, 7) is 2.00. The Kier molecular flexibility index (Phi) is 3.94. The van der Waals surface area contributed by atoms with Crippen LogP contribution in [-0.4, -0.2) is 22.4 Å². The lowest BCUT2D eigenvalue weighted by Crippen LogP contribution is -2.30. The zero-order valence-electron chi connectivity index (χ0n) is 8.42. The van der Waals surface area contributed by atoms with Crippen molar-refractivity contribution in [3.8, 4) is 0 Å². The van der Waals surface area contributed by atoms with Gasteiger partial charge < -0.3 is 10.2 Å². The minimum atomic E-state index is -0.477. The first-order valence-corrected chi connectivity index (χ1v) is 5.15. The van der Waals surface area contributed by atoms with Crippen LogP contribution in [0.3, 0.4) is 0 Å². The lowest BCUT2D eigenvalue weighted by atomic mass is 9.82. The number of rotatable bonds is 3. The van der Waals surface area contributed by atoms with Gasteiger partial charge in [0.25, 0.3) is 0 Å². The van der Waals surface area contributed by atoms with Crippen LogP contribution in [0.15, 0.2) is 11.6 Å². The second-order valence-electron chi connectivity index (χ2n) is 4.20. The Labute approximate surface area is 80.3 Å². The minimum Gasteiger partial charge on any atom is -0.392 e. The van der Waals surface area contributed by atoms with Crippen molar-refractivity contribution in [1.29, 1.82) is 0 Å².